The van der Waals surface area contributed by atoms with Gasteiger partial charge in [0.15, 0.2) is 12.7 Å². The van der Waals surface area contributed by atoms with E-state index in [9.17, 15) is 4.79 Å². The number of nitrogens with zero attached hydrogens (tertiary/aromatic N) is 3. The molecule has 3 heterocycles. The molecule has 4 nitrogen and oxygen atoms in total. The zero-order chi connectivity index (χ0) is 21.3. The van der Waals surface area contributed by atoms with Crippen molar-refractivity contribution >= 4 is 51.5 Å². The highest BCUT2D eigenvalue weighted by Gasteiger charge is 2.25. The van der Waals surface area contributed by atoms with Crippen molar-refractivity contribution in [3.63, 3.8) is 0 Å². The van der Waals surface area contributed by atoms with E-state index in [-0.39, 0.29) is 5.56 Å². The van der Waals surface area contributed by atoms with E-state index in [0.29, 0.717) is 22.6 Å². The van der Waals surface area contributed by atoms with Crippen molar-refractivity contribution in [3.8, 4) is 0 Å². The maximum Gasteiger partial charge on any atom is 0.272 e. The summed E-state index contributed by atoms with van der Waals surface area (Å²) in [4.78, 5) is 16.5. The molecule has 0 spiro atoms. The topological polar surface area (TPSA) is 29.1 Å². The molecule has 0 saturated heterocycles. The second kappa shape index (κ2) is 8.68. The number of fused-ring (bicyclic) bond motifs is 1. The van der Waals surface area contributed by atoms with Crippen molar-refractivity contribution in [1.82, 2.24) is 4.57 Å². The van der Waals surface area contributed by atoms with Gasteiger partial charge in [-0.1, -0.05) is 36.0 Å². The lowest BCUT2D eigenvalue weighted by molar-refractivity contribution is -0.688. The first kappa shape index (κ1) is 20.7. The van der Waals surface area contributed by atoms with Gasteiger partial charge in [-0.25, -0.2) is 0 Å². The van der Waals surface area contributed by atoms with Crippen LogP contribution >= 0.6 is 34.7 Å². The fourth-order valence-corrected chi connectivity index (χ4v) is 5.90. The molecule has 0 amide bonds. The molecule has 0 bridgehead atoms. The average Bonchev–Trinajstić information content (AvgIpc) is 3.21. The molecular formula is C23H21ClN3OS2+. The summed E-state index contributed by atoms with van der Waals surface area (Å²) in [5, 5.41) is 1.61. The third-order valence-electron chi connectivity index (χ3n) is 4.78. The molecule has 0 aliphatic carbocycles. The Hall–Kier alpha value is -2.54. The Balaban J connectivity index is 1.94. The average molecular weight is 455 g/mol. The van der Waals surface area contributed by atoms with Crippen LogP contribution in [-0.4, -0.2) is 11.6 Å². The van der Waals surface area contributed by atoms with Gasteiger partial charge in [0.2, 0.25) is 5.69 Å². The number of allylic oxidation sites excluding steroid dienone is 2. The predicted octanol–water partition coefficient (Wildman–Crippen LogP) is 3.36. The molecule has 152 valence electrons. The standard InChI is InChI=1S/C23H21ClN3OS2/c1-4-11-26-13-7-6-8-17(26)15-20-27(12-5-2)22(28)21(30-20)23-25(3)18-14-16(24)9-10-19(18)29-23/h4-10,13-15H,1-2,11-12H2,3H3/q+1. The van der Waals surface area contributed by atoms with E-state index < -0.39 is 0 Å². The van der Waals surface area contributed by atoms with E-state index in [4.69, 9.17) is 11.6 Å². The number of pyridine rings is 1. The Morgan fingerprint density at radius 1 is 1.20 bits per heavy atom. The molecule has 1 aliphatic heterocycles. The van der Waals surface area contributed by atoms with Crippen LogP contribution < -0.4 is 24.2 Å². The fraction of sp³-hybridized carbons (Fsp3) is 0.130. The van der Waals surface area contributed by atoms with Gasteiger partial charge in [-0.15, -0.1) is 17.9 Å². The molecule has 1 aromatic carbocycles. The van der Waals surface area contributed by atoms with Crippen molar-refractivity contribution in [2.24, 2.45) is 0 Å². The monoisotopic (exact) mass is 454 g/mol. The van der Waals surface area contributed by atoms with E-state index in [1.807, 2.05) is 66.7 Å². The van der Waals surface area contributed by atoms with E-state index in [1.165, 1.54) is 11.3 Å². The molecule has 0 saturated carbocycles. The Morgan fingerprint density at radius 2 is 2.03 bits per heavy atom. The Morgan fingerprint density at radius 3 is 2.80 bits per heavy atom. The van der Waals surface area contributed by atoms with E-state index in [0.717, 1.165) is 26.0 Å². The largest absolute Gasteiger partial charge is 0.337 e. The summed E-state index contributed by atoms with van der Waals surface area (Å²) in [6, 6.07) is 11.8. The van der Waals surface area contributed by atoms with Gasteiger partial charge in [0.25, 0.3) is 5.56 Å². The highest BCUT2D eigenvalue weighted by atomic mass is 35.5. The van der Waals surface area contributed by atoms with Crippen LogP contribution in [0, 0.1) is 0 Å². The highest BCUT2D eigenvalue weighted by Crippen LogP contribution is 2.46. The minimum Gasteiger partial charge on any atom is -0.337 e. The maximum atomic E-state index is 13.3. The third kappa shape index (κ3) is 3.78. The molecule has 0 N–H and O–H groups in total. The number of hydrogen-bond acceptors (Lipinski definition) is 4. The van der Waals surface area contributed by atoms with Gasteiger partial charge in [0.05, 0.1) is 5.69 Å². The quantitative estimate of drug-likeness (QED) is 0.437. The second-order valence-corrected chi connectivity index (χ2v) is 9.26. The Labute approximate surface area is 188 Å². The van der Waals surface area contributed by atoms with Crippen molar-refractivity contribution in [3.05, 3.63) is 98.2 Å². The van der Waals surface area contributed by atoms with Gasteiger partial charge in [-0.2, -0.15) is 4.57 Å². The minimum absolute atomic E-state index is 0.00870. The normalized spacial score (nSPS) is 15.4. The van der Waals surface area contributed by atoms with E-state index in [1.54, 1.807) is 22.4 Å². The number of rotatable bonds is 5. The van der Waals surface area contributed by atoms with Crippen molar-refractivity contribution in [2.45, 2.75) is 18.0 Å². The number of benzene rings is 1. The second-order valence-electron chi connectivity index (χ2n) is 6.76. The molecule has 0 unspecified atom stereocenters. The van der Waals surface area contributed by atoms with Crippen LogP contribution in [0.3, 0.4) is 0 Å². The zero-order valence-electron chi connectivity index (χ0n) is 16.5. The molecule has 0 radical (unpaired) electrons. The number of thioether (sulfide) groups is 1. The number of anilines is 1. The fourth-order valence-electron chi connectivity index (χ4n) is 3.34. The summed E-state index contributed by atoms with van der Waals surface area (Å²) in [5.41, 5.74) is 2.02. The zero-order valence-corrected chi connectivity index (χ0v) is 18.9. The van der Waals surface area contributed by atoms with Gasteiger partial charge in [0.1, 0.15) is 14.2 Å². The van der Waals surface area contributed by atoms with E-state index in [2.05, 4.69) is 17.7 Å². The lowest BCUT2D eigenvalue weighted by atomic mass is 10.3. The summed E-state index contributed by atoms with van der Waals surface area (Å²) in [7, 11) is 1.97. The van der Waals surface area contributed by atoms with Gasteiger partial charge in [-0.05, 0) is 30.3 Å². The molecule has 0 fully saturated rings. The number of thiazole rings is 1. The summed E-state index contributed by atoms with van der Waals surface area (Å²) in [5.74, 6) is 0. The smallest absolute Gasteiger partial charge is 0.272 e. The van der Waals surface area contributed by atoms with Crippen LogP contribution in [-0.2, 0) is 13.1 Å². The van der Waals surface area contributed by atoms with Crippen molar-refractivity contribution in [1.29, 1.82) is 0 Å². The lowest BCUT2D eigenvalue weighted by Gasteiger charge is -2.12. The van der Waals surface area contributed by atoms with Gasteiger partial charge in [0, 0.05) is 41.7 Å². The van der Waals surface area contributed by atoms with Crippen LogP contribution in [0.5, 0.6) is 0 Å². The lowest BCUT2D eigenvalue weighted by Crippen LogP contribution is -2.37. The first-order chi connectivity index (χ1) is 14.5. The Bertz CT molecular complexity index is 1320. The molecule has 4 rings (SSSR count). The van der Waals surface area contributed by atoms with Crippen molar-refractivity contribution < 1.29 is 4.57 Å². The minimum atomic E-state index is -0.00870. The van der Waals surface area contributed by atoms with Crippen LogP contribution in [0.4, 0.5) is 5.69 Å². The molecule has 7 heteroatoms. The molecule has 2 aromatic heterocycles. The summed E-state index contributed by atoms with van der Waals surface area (Å²) < 4.78 is 5.47. The number of hydrogen-bond donors (Lipinski definition) is 0. The highest BCUT2D eigenvalue weighted by molar-refractivity contribution is 8.08. The first-order valence-corrected chi connectivity index (χ1v) is 11.4. The van der Waals surface area contributed by atoms with Crippen LogP contribution in [0.25, 0.3) is 11.1 Å². The number of aromatic nitrogens is 2. The predicted molar refractivity (Wildman–Crippen MR) is 128 cm³/mol. The maximum absolute atomic E-state index is 13.3. The van der Waals surface area contributed by atoms with Gasteiger partial charge in [-0.3, -0.25) is 9.36 Å². The van der Waals surface area contributed by atoms with Gasteiger partial charge < -0.3 is 4.90 Å². The summed E-state index contributed by atoms with van der Waals surface area (Å²) in [6.07, 6.45) is 7.67. The van der Waals surface area contributed by atoms with Gasteiger partial charge >= 0.3 is 0 Å². The Kier molecular flexibility index (Phi) is 5.99. The first-order valence-electron chi connectivity index (χ1n) is 9.40. The van der Waals surface area contributed by atoms with Crippen LogP contribution in [0.2, 0.25) is 5.02 Å². The molecule has 30 heavy (non-hydrogen) atoms. The summed E-state index contributed by atoms with van der Waals surface area (Å²) in [6.45, 7) is 8.82. The molecular weight excluding hydrogens is 434 g/mol. The van der Waals surface area contributed by atoms with E-state index >= 15 is 0 Å². The van der Waals surface area contributed by atoms with Crippen LogP contribution in [0.15, 0.2) is 77.6 Å². The SMILES string of the molecule is C=CCn1c(=Cc2cccc[n+]2CC=C)sc(=C2Sc3ccc(Cl)cc3N2C)c1=O. The molecule has 0 atom stereocenters. The van der Waals surface area contributed by atoms with Crippen LogP contribution in [0.1, 0.15) is 5.69 Å². The third-order valence-corrected chi connectivity index (χ3v) is 7.50. The number of halogens is 1. The molecule has 3 aromatic rings. The molecule has 1 aliphatic rings. The summed E-state index contributed by atoms with van der Waals surface area (Å²) >= 11 is 9.28. The van der Waals surface area contributed by atoms with Crippen molar-refractivity contribution in [2.75, 3.05) is 11.9 Å².